The van der Waals surface area contributed by atoms with Gasteiger partial charge in [-0.2, -0.15) is 0 Å². The van der Waals surface area contributed by atoms with Gasteiger partial charge in [-0.15, -0.1) is 0 Å². The molecule has 8 heteroatoms. The van der Waals surface area contributed by atoms with Crippen LogP contribution in [-0.2, 0) is 11.3 Å². The van der Waals surface area contributed by atoms with E-state index in [1.54, 1.807) is 46.2 Å². The molecule has 1 aliphatic rings. The maximum Gasteiger partial charge on any atom is 0.255 e. The maximum absolute atomic E-state index is 14.0. The first kappa shape index (κ1) is 23.0. The summed E-state index contributed by atoms with van der Waals surface area (Å²) < 4.78 is 18.9. The molecule has 2 aromatic carbocycles. The van der Waals surface area contributed by atoms with E-state index in [0.717, 1.165) is 0 Å². The van der Waals surface area contributed by atoms with E-state index in [0.29, 0.717) is 55.4 Å². The molecule has 0 aliphatic carbocycles. The van der Waals surface area contributed by atoms with Crippen molar-refractivity contribution in [3.05, 3.63) is 64.4 Å². The lowest BCUT2D eigenvalue weighted by molar-refractivity contribution is -0.133. The molecule has 6 nitrogen and oxygen atoms in total. The second-order valence-electron chi connectivity index (χ2n) is 7.43. The quantitative estimate of drug-likeness (QED) is 0.653. The standard InChI is InChI=1S/C23H27ClFN3O3/c1-3-27(15-17-8-9-21(31-2)20(25)14-17)22(29)16-26-10-12-28(13-11-26)23(30)18-6-4-5-7-19(18)24/h4-9,14H,3,10-13,15-16H2,1-2H3. The number of halogens is 2. The number of carbonyl (C=O) groups is 2. The van der Waals surface area contributed by atoms with Gasteiger partial charge in [0.15, 0.2) is 11.6 Å². The number of ether oxygens (including phenoxy) is 1. The Morgan fingerprint density at radius 1 is 1.13 bits per heavy atom. The highest BCUT2D eigenvalue weighted by Crippen LogP contribution is 2.20. The molecule has 1 saturated heterocycles. The van der Waals surface area contributed by atoms with Gasteiger partial charge < -0.3 is 14.5 Å². The fraction of sp³-hybridized carbons (Fsp3) is 0.391. The molecule has 0 spiro atoms. The van der Waals surface area contributed by atoms with Gasteiger partial charge in [-0.3, -0.25) is 14.5 Å². The number of rotatable bonds is 7. The molecule has 1 heterocycles. The molecular weight excluding hydrogens is 421 g/mol. The highest BCUT2D eigenvalue weighted by atomic mass is 35.5. The normalized spacial score (nSPS) is 14.4. The van der Waals surface area contributed by atoms with Crippen LogP contribution in [0.1, 0.15) is 22.8 Å². The molecule has 2 amide bonds. The summed E-state index contributed by atoms with van der Waals surface area (Å²) in [6, 6.07) is 11.7. The second kappa shape index (κ2) is 10.6. The number of hydrogen-bond donors (Lipinski definition) is 0. The van der Waals surface area contributed by atoms with E-state index in [-0.39, 0.29) is 24.1 Å². The van der Waals surface area contributed by atoms with E-state index < -0.39 is 5.82 Å². The molecule has 3 rings (SSSR count). The van der Waals surface area contributed by atoms with E-state index in [1.165, 1.54) is 13.2 Å². The van der Waals surface area contributed by atoms with Gasteiger partial charge in [-0.05, 0) is 36.8 Å². The van der Waals surface area contributed by atoms with Crippen molar-refractivity contribution in [3.8, 4) is 5.75 Å². The Bertz CT molecular complexity index is 932. The number of carbonyl (C=O) groups excluding carboxylic acids is 2. The molecule has 0 aromatic heterocycles. The van der Waals surface area contributed by atoms with Gasteiger partial charge in [0, 0.05) is 39.3 Å². The molecule has 0 atom stereocenters. The van der Waals surface area contributed by atoms with Crippen LogP contribution in [0.2, 0.25) is 5.02 Å². The Labute approximate surface area is 187 Å². The lowest BCUT2D eigenvalue weighted by atomic mass is 10.1. The van der Waals surface area contributed by atoms with Crippen molar-refractivity contribution in [1.82, 2.24) is 14.7 Å². The molecule has 0 unspecified atom stereocenters. The van der Waals surface area contributed by atoms with Gasteiger partial charge >= 0.3 is 0 Å². The average molecular weight is 448 g/mol. The van der Waals surface area contributed by atoms with Crippen LogP contribution in [-0.4, -0.2) is 72.9 Å². The lowest BCUT2D eigenvalue weighted by Gasteiger charge is -2.35. The molecule has 0 saturated carbocycles. The van der Waals surface area contributed by atoms with Crippen molar-refractivity contribution >= 4 is 23.4 Å². The summed E-state index contributed by atoms with van der Waals surface area (Å²) >= 11 is 6.14. The van der Waals surface area contributed by atoms with Gasteiger partial charge in [0.25, 0.3) is 5.91 Å². The van der Waals surface area contributed by atoms with Crippen molar-refractivity contribution < 1.29 is 18.7 Å². The highest BCUT2D eigenvalue weighted by molar-refractivity contribution is 6.33. The Morgan fingerprint density at radius 3 is 2.45 bits per heavy atom. The minimum atomic E-state index is -0.442. The Morgan fingerprint density at radius 2 is 1.84 bits per heavy atom. The number of piperazine rings is 1. The smallest absolute Gasteiger partial charge is 0.255 e. The Kier molecular flexibility index (Phi) is 7.87. The van der Waals surface area contributed by atoms with Gasteiger partial charge in [-0.1, -0.05) is 29.8 Å². The predicted molar refractivity (Wildman–Crippen MR) is 118 cm³/mol. The van der Waals surface area contributed by atoms with E-state index in [1.807, 2.05) is 11.8 Å². The third-order valence-electron chi connectivity index (χ3n) is 5.45. The molecule has 166 valence electrons. The molecular formula is C23H27ClFN3O3. The van der Waals surface area contributed by atoms with Crippen molar-refractivity contribution in [2.45, 2.75) is 13.5 Å². The van der Waals surface area contributed by atoms with Gasteiger partial charge in [0.05, 0.1) is 24.2 Å². The van der Waals surface area contributed by atoms with Crippen LogP contribution >= 0.6 is 11.6 Å². The average Bonchev–Trinajstić information content (AvgIpc) is 2.78. The van der Waals surface area contributed by atoms with E-state index in [4.69, 9.17) is 16.3 Å². The summed E-state index contributed by atoms with van der Waals surface area (Å²) in [6.07, 6.45) is 0. The Hall–Kier alpha value is -2.64. The van der Waals surface area contributed by atoms with Crippen LogP contribution in [0.4, 0.5) is 4.39 Å². The summed E-state index contributed by atoms with van der Waals surface area (Å²) in [5.41, 5.74) is 1.21. The van der Waals surface area contributed by atoms with E-state index in [2.05, 4.69) is 0 Å². The van der Waals surface area contributed by atoms with Gasteiger partial charge in [0.2, 0.25) is 5.91 Å². The topological polar surface area (TPSA) is 53.1 Å². The first-order valence-corrected chi connectivity index (χ1v) is 10.7. The molecule has 2 aromatic rings. The fourth-order valence-electron chi connectivity index (χ4n) is 3.61. The summed E-state index contributed by atoms with van der Waals surface area (Å²) in [5, 5.41) is 0.443. The molecule has 1 aliphatic heterocycles. The summed E-state index contributed by atoms with van der Waals surface area (Å²) in [4.78, 5) is 31.0. The summed E-state index contributed by atoms with van der Waals surface area (Å²) in [7, 11) is 1.42. The van der Waals surface area contributed by atoms with Crippen LogP contribution in [0, 0.1) is 5.82 Å². The summed E-state index contributed by atoms with van der Waals surface area (Å²) in [6.45, 7) is 5.31. The predicted octanol–water partition coefficient (Wildman–Crippen LogP) is 3.29. The number of benzene rings is 2. The minimum Gasteiger partial charge on any atom is -0.494 e. The molecule has 0 radical (unpaired) electrons. The maximum atomic E-state index is 14.0. The highest BCUT2D eigenvalue weighted by Gasteiger charge is 2.25. The van der Waals surface area contributed by atoms with Crippen LogP contribution in [0.15, 0.2) is 42.5 Å². The summed E-state index contributed by atoms with van der Waals surface area (Å²) in [5.74, 6) is -0.372. The monoisotopic (exact) mass is 447 g/mol. The largest absolute Gasteiger partial charge is 0.494 e. The van der Waals surface area contributed by atoms with Crippen LogP contribution in [0.3, 0.4) is 0 Å². The first-order chi connectivity index (χ1) is 14.9. The number of likely N-dealkylation sites (N-methyl/N-ethyl adjacent to an activating group) is 1. The molecule has 0 bridgehead atoms. The van der Waals surface area contributed by atoms with Crippen molar-refractivity contribution in [1.29, 1.82) is 0 Å². The number of nitrogens with zero attached hydrogens (tertiary/aromatic N) is 3. The molecule has 0 N–H and O–H groups in total. The first-order valence-electron chi connectivity index (χ1n) is 10.3. The van der Waals surface area contributed by atoms with E-state index in [9.17, 15) is 14.0 Å². The Balaban J connectivity index is 1.53. The zero-order valence-corrected chi connectivity index (χ0v) is 18.6. The van der Waals surface area contributed by atoms with Crippen molar-refractivity contribution in [2.24, 2.45) is 0 Å². The van der Waals surface area contributed by atoms with E-state index >= 15 is 0 Å². The number of amides is 2. The number of methoxy groups -OCH3 is 1. The minimum absolute atomic E-state index is 0.0235. The van der Waals surface area contributed by atoms with Gasteiger partial charge in [-0.25, -0.2) is 4.39 Å². The second-order valence-corrected chi connectivity index (χ2v) is 7.83. The fourth-order valence-corrected chi connectivity index (χ4v) is 3.83. The molecule has 1 fully saturated rings. The third kappa shape index (κ3) is 5.74. The lowest BCUT2D eigenvalue weighted by Crippen LogP contribution is -2.51. The van der Waals surface area contributed by atoms with Crippen molar-refractivity contribution in [2.75, 3.05) is 46.4 Å². The number of hydrogen-bond acceptors (Lipinski definition) is 4. The van der Waals surface area contributed by atoms with Crippen molar-refractivity contribution in [3.63, 3.8) is 0 Å². The SMILES string of the molecule is CCN(Cc1ccc(OC)c(F)c1)C(=O)CN1CCN(C(=O)c2ccccc2Cl)CC1. The van der Waals surface area contributed by atoms with Crippen LogP contribution in [0.25, 0.3) is 0 Å². The van der Waals surface area contributed by atoms with Crippen LogP contribution in [0.5, 0.6) is 5.75 Å². The zero-order chi connectivity index (χ0) is 22.4. The van der Waals surface area contributed by atoms with Gasteiger partial charge in [0.1, 0.15) is 0 Å². The third-order valence-corrected chi connectivity index (χ3v) is 5.78. The molecule has 31 heavy (non-hydrogen) atoms. The van der Waals surface area contributed by atoms with Crippen LogP contribution < -0.4 is 4.74 Å². The zero-order valence-electron chi connectivity index (χ0n) is 17.8.